The number of hydrogen-bond acceptors (Lipinski definition) is 6. The first-order chi connectivity index (χ1) is 9.56. The van der Waals surface area contributed by atoms with Gasteiger partial charge in [0.05, 0.1) is 6.61 Å². The first-order valence-electron chi connectivity index (χ1n) is 6.33. The van der Waals surface area contributed by atoms with Gasteiger partial charge in [0.15, 0.2) is 0 Å². The molecule has 1 aromatic rings. The number of sulfonamides is 1. The zero-order valence-electron chi connectivity index (χ0n) is 11.9. The van der Waals surface area contributed by atoms with E-state index in [0.29, 0.717) is 43.5 Å². The van der Waals surface area contributed by atoms with Gasteiger partial charge in [-0.1, -0.05) is 0 Å². The molecule has 0 bridgehead atoms. The summed E-state index contributed by atoms with van der Waals surface area (Å²) in [5, 5.41) is 0. The topological polar surface area (TPSA) is 81.9 Å². The van der Waals surface area contributed by atoms with E-state index < -0.39 is 10.0 Å². The minimum absolute atomic E-state index is 0.325. The van der Waals surface area contributed by atoms with Crippen LogP contribution in [0.4, 0.5) is 0 Å². The fourth-order valence-electron chi connectivity index (χ4n) is 1.66. The molecular formula is C12H22N2O4S2. The molecule has 0 unspecified atom stereocenters. The molecule has 8 heteroatoms. The molecule has 6 nitrogen and oxygen atoms in total. The van der Waals surface area contributed by atoms with E-state index in [4.69, 9.17) is 15.2 Å². The van der Waals surface area contributed by atoms with E-state index in [2.05, 4.69) is 0 Å². The van der Waals surface area contributed by atoms with E-state index in [1.54, 1.807) is 26.4 Å². The first-order valence-corrected chi connectivity index (χ1v) is 8.58. The molecule has 1 rings (SSSR count). The van der Waals surface area contributed by atoms with Gasteiger partial charge in [0.2, 0.25) is 0 Å². The van der Waals surface area contributed by atoms with E-state index >= 15 is 0 Å². The van der Waals surface area contributed by atoms with Gasteiger partial charge in [-0.05, 0) is 18.6 Å². The average Bonchev–Trinajstić information content (AvgIpc) is 2.92. The molecule has 0 aliphatic rings. The van der Waals surface area contributed by atoms with Crippen LogP contribution in [-0.4, -0.2) is 53.2 Å². The van der Waals surface area contributed by atoms with Crippen molar-refractivity contribution in [2.75, 3.05) is 40.5 Å². The Kier molecular flexibility index (Phi) is 7.63. The minimum atomic E-state index is -3.48. The van der Waals surface area contributed by atoms with Crippen LogP contribution < -0.4 is 5.73 Å². The maximum atomic E-state index is 12.6. The highest BCUT2D eigenvalue weighted by Gasteiger charge is 2.25. The van der Waals surface area contributed by atoms with Crippen LogP contribution in [0, 0.1) is 0 Å². The fourth-order valence-corrected chi connectivity index (χ4v) is 4.52. The molecule has 0 saturated carbocycles. The van der Waals surface area contributed by atoms with Crippen LogP contribution >= 0.6 is 11.3 Å². The number of methoxy groups -OCH3 is 2. The highest BCUT2D eigenvalue weighted by Crippen LogP contribution is 2.24. The maximum absolute atomic E-state index is 12.6. The molecule has 0 aliphatic carbocycles. The van der Waals surface area contributed by atoms with Crippen LogP contribution in [-0.2, 0) is 26.0 Å². The minimum Gasteiger partial charge on any atom is -0.385 e. The summed E-state index contributed by atoms with van der Waals surface area (Å²) in [5.74, 6) is 0. The number of thiophene rings is 1. The van der Waals surface area contributed by atoms with Crippen LogP contribution in [0.1, 0.15) is 11.3 Å². The van der Waals surface area contributed by atoms with E-state index in [9.17, 15) is 8.42 Å². The number of rotatable bonds is 10. The Morgan fingerprint density at radius 2 is 1.90 bits per heavy atom. The number of hydrogen-bond donors (Lipinski definition) is 1. The lowest BCUT2D eigenvalue weighted by molar-refractivity contribution is 0.164. The zero-order valence-corrected chi connectivity index (χ0v) is 13.5. The molecule has 116 valence electrons. The molecule has 0 radical (unpaired) electrons. The van der Waals surface area contributed by atoms with Gasteiger partial charge in [-0.15, -0.1) is 11.3 Å². The molecule has 0 saturated heterocycles. The summed E-state index contributed by atoms with van der Waals surface area (Å²) in [4.78, 5) is 0.854. The molecule has 1 aromatic heterocycles. The van der Waals surface area contributed by atoms with Gasteiger partial charge < -0.3 is 15.2 Å². The number of nitrogens with zero attached hydrogens (tertiary/aromatic N) is 1. The Morgan fingerprint density at radius 3 is 2.45 bits per heavy atom. The lowest BCUT2D eigenvalue weighted by Gasteiger charge is -2.20. The van der Waals surface area contributed by atoms with Crippen molar-refractivity contribution < 1.29 is 17.9 Å². The molecule has 20 heavy (non-hydrogen) atoms. The third-order valence-electron chi connectivity index (χ3n) is 2.73. The van der Waals surface area contributed by atoms with E-state index in [1.807, 2.05) is 0 Å². The maximum Gasteiger partial charge on any atom is 0.252 e. The van der Waals surface area contributed by atoms with Gasteiger partial charge in [0.1, 0.15) is 4.21 Å². The molecule has 0 atom stereocenters. The van der Waals surface area contributed by atoms with E-state index in [0.717, 1.165) is 4.88 Å². The van der Waals surface area contributed by atoms with E-state index in [1.165, 1.54) is 15.6 Å². The summed E-state index contributed by atoms with van der Waals surface area (Å²) in [6.45, 7) is 1.98. The standard InChI is InChI=1S/C12H22N2O4S2/c1-17-8-3-6-14(7-9-18-2)20(15,16)12-5-4-11(10-13)19-12/h4-5H,3,6-10,13H2,1-2H3. The van der Waals surface area contributed by atoms with Crippen molar-refractivity contribution in [3.8, 4) is 0 Å². The summed E-state index contributed by atoms with van der Waals surface area (Å²) >= 11 is 1.21. The summed E-state index contributed by atoms with van der Waals surface area (Å²) < 4.78 is 36.8. The molecule has 0 spiro atoms. The quantitative estimate of drug-likeness (QED) is 0.647. The Labute approximate surface area is 124 Å². The molecule has 0 aromatic carbocycles. The molecular weight excluding hydrogens is 300 g/mol. The van der Waals surface area contributed by atoms with Crippen molar-refractivity contribution in [1.82, 2.24) is 4.31 Å². The molecule has 0 amide bonds. The van der Waals surface area contributed by atoms with Crippen molar-refractivity contribution in [1.29, 1.82) is 0 Å². The summed E-state index contributed by atoms with van der Waals surface area (Å²) in [5.41, 5.74) is 5.53. The van der Waals surface area contributed by atoms with Crippen LogP contribution in [0.2, 0.25) is 0 Å². The van der Waals surface area contributed by atoms with Crippen molar-refractivity contribution in [3.05, 3.63) is 17.0 Å². The predicted molar refractivity (Wildman–Crippen MR) is 79.3 cm³/mol. The number of nitrogens with two attached hydrogens (primary N) is 1. The molecule has 2 N–H and O–H groups in total. The van der Waals surface area contributed by atoms with Gasteiger partial charge in [-0.25, -0.2) is 8.42 Å². The second-order valence-corrected chi connectivity index (χ2v) is 7.50. The summed E-state index contributed by atoms with van der Waals surface area (Å²) in [7, 11) is -0.331. The second kappa shape index (κ2) is 8.71. The first kappa shape index (κ1) is 17.5. The Bertz CT molecular complexity index is 487. The summed E-state index contributed by atoms with van der Waals surface area (Å²) in [6, 6.07) is 3.36. The normalized spacial score (nSPS) is 12.2. The van der Waals surface area contributed by atoms with Crippen molar-refractivity contribution in [2.45, 2.75) is 17.2 Å². The van der Waals surface area contributed by atoms with Crippen molar-refractivity contribution in [2.24, 2.45) is 5.73 Å². The monoisotopic (exact) mass is 322 g/mol. The molecule has 1 heterocycles. The van der Waals surface area contributed by atoms with Gasteiger partial charge in [0, 0.05) is 45.3 Å². The second-order valence-electron chi connectivity index (χ2n) is 4.17. The van der Waals surface area contributed by atoms with Crippen LogP contribution in [0.25, 0.3) is 0 Å². The summed E-state index contributed by atoms with van der Waals surface area (Å²) in [6.07, 6.45) is 0.647. The Hall–Kier alpha value is -0.510. The highest BCUT2D eigenvalue weighted by atomic mass is 32.2. The van der Waals surface area contributed by atoms with Gasteiger partial charge in [0.25, 0.3) is 10.0 Å². The Balaban J connectivity index is 2.85. The lowest BCUT2D eigenvalue weighted by Crippen LogP contribution is -2.34. The zero-order chi connectivity index (χ0) is 15.0. The van der Waals surface area contributed by atoms with E-state index in [-0.39, 0.29) is 0 Å². The largest absolute Gasteiger partial charge is 0.385 e. The Morgan fingerprint density at radius 1 is 1.20 bits per heavy atom. The highest BCUT2D eigenvalue weighted by molar-refractivity contribution is 7.91. The van der Waals surface area contributed by atoms with Crippen LogP contribution in [0.3, 0.4) is 0 Å². The SMILES string of the molecule is COCCCN(CCOC)S(=O)(=O)c1ccc(CN)s1. The van der Waals surface area contributed by atoms with Gasteiger partial charge in [-0.2, -0.15) is 4.31 Å². The molecule has 0 fully saturated rings. The number of ether oxygens (including phenoxy) is 2. The average molecular weight is 322 g/mol. The van der Waals surface area contributed by atoms with Gasteiger partial charge in [-0.3, -0.25) is 0 Å². The third kappa shape index (κ3) is 4.80. The lowest BCUT2D eigenvalue weighted by atomic mass is 10.4. The predicted octanol–water partition coefficient (Wildman–Crippen LogP) is 0.880. The van der Waals surface area contributed by atoms with Crippen molar-refractivity contribution >= 4 is 21.4 Å². The molecule has 0 aliphatic heterocycles. The third-order valence-corrected chi connectivity index (χ3v) is 6.21. The van der Waals surface area contributed by atoms with Crippen molar-refractivity contribution in [3.63, 3.8) is 0 Å². The van der Waals surface area contributed by atoms with Gasteiger partial charge >= 0.3 is 0 Å². The van der Waals surface area contributed by atoms with Crippen LogP contribution in [0.15, 0.2) is 16.3 Å². The smallest absolute Gasteiger partial charge is 0.252 e. The fraction of sp³-hybridized carbons (Fsp3) is 0.667. The van der Waals surface area contributed by atoms with Crippen LogP contribution in [0.5, 0.6) is 0 Å².